The lowest BCUT2D eigenvalue weighted by molar-refractivity contribution is -0.301. The lowest BCUT2D eigenvalue weighted by Crippen LogP contribution is -2.60. The van der Waals surface area contributed by atoms with Crippen molar-refractivity contribution in [2.45, 2.75) is 288 Å². The van der Waals surface area contributed by atoms with Gasteiger partial charge in [0.2, 0.25) is 0 Å². The molecule has 1 rings (SSSR count). The van der Waals surface area contributed by atoms with Crippen molar-refractivity contribution in [2.75, 3.05) is 26.4 Å². The molecule has 0 spiro atoms. The van der Waals surface area contributed by atoms with E-state index >= 15 is 0 Å². The molecule has 0 bridgehead atoms. The normalized spacial score (nSPS) is 19.6. The first kappa shape index (κ1) is 61.9. The molecule has 1 saturated heterocycles. The van der Waals surface area contributed by atoms with Gasteiger partial charge in [0.15, 0.2) is 6.29 Å². The van der Waals surface area contributed by atoms with Gasteiger partial charge >= 0.3 is 16.4 Å². The second kappa shape index (κ2) is 44.1. The summed E-state index contributed by atoms with van der Waals surface area (Å²) in [5, 5.41) is 30.8. The molecule has 1 heterocycles. The molecule has 1 fully saturated rings. The van der Waals surface area contributed by atoms with Crippen LogP contribution in [0.2, 0.25) is 0 Å². The molecule has 0 aromatic heterocycles. The Morgan fingerprint density at radius 1 is 0.569 bits per heavy atom. The quantitative estimate of drug-likeness (QED) is 0.0197. The predicted molar refractivity (Wildman–Crippen MR) is 262 cm³/mol. The van der Waals surface area contributed by atoms with Gasteiger partial charge in [0.05, 0.1) is 19.8 Å². The number of aliphatic hydroxyl groups excluding tert-OH is 3. The van der Waals surface area contributed by atoms with Crippen LogP contribution in [0.4, 0.5) is 0 Å². The topological polar surface area (TPSA) is 178 Å². The fourth-order valence-corrected chi connectivity index (χ4v) is 9.06. The van der Waals surface area contributed by atoms with Crippen molar-refractivity contribution in [3.63, 3.8) is 0 Å². The molecule has 13 heteroatoms. The molecule has 4 N–H and O–H groups in total. The highest BCUT2D eigenvalue weighted by Gasteiger charge is 2.48. The molecule has 0 aromatic rings. The second-order valence-corrected chi connectivity index (χ2v) is 19.9. The fraction of sp³-hybridized carbons (Fsp3) is 0.942. The van der Waals surface area contributed by atoms with Gasteiger partial charge in [-0.15, -0.1) is 0 Å². The van der Waals surface area contributed by atoms with E-state index in [0.717, 1.165) is 38.5 Å². The Morgan fingerprint density at radius 3 is 1.38 bits per heavy atom. The van der Waals surface area contributed by atoms with Gasteiger partial charge in [-0.05, 0) is 38.5 Å². The summed E-state index contributed by atoms with van der Waals surface area (Å²) in [6.07, 6.45) is 41.0. The minimum Gasteiger partial charge on any atom is -0.457 e. The molecule has 6 atom stereocenters. The van der Waals surface area contributed by atoms with E-state index < -0.39 is 59.8 Å². The standard InChI is InChI=1S/C52H100O12S/c1-3-5-7-9-11-13-15-17-19-21-23-25-27-29-31-33-35-37-39-41-48(54)62-46(45-61-52-50(56)51(64-65(57,58)59)49(55)47(43-53)63-52)44-60-42-40-38-36-34-32-30-28-26-24-22-20-18-16-14-12-10-8-6-4-2/h17,19,46-47,49-53,55-56H,3-16,18,20-45H2,1-2H3,(H,57,58,59)/b19-17-. The Kier molecular flexibility index (Phi) is 41.9. The molecule has 0 aromatic carbocycles. The minimum atomic E-state index is -5.06. The van der Waals surface area contributed by atoms with Gasteiger partial charge in [-0.2, -0.15) is 8.42 Å². The van der Waals surface area contributed by atoms with Crippen LogP contribution >= 0.6 is 0 Å². The van der Waals surface area contributed by atoms with Gasteiger partial charge in [-0.1, -0.05) is 219 Å². The van der Waals surface area contributed by atoms with Crippen molar-refractivity contribution in [3.8, 4) is 0 Å². The molecule has 386 valence electrons. The minimum absolute atomic E-state index is 0.0418. The smallest absolute Gasteiger partial charge is 0.397 e. The van der Waals surface area contributed by atoms with Crippen molar-refractivity contribution >= 4 is 16.4 Å². The summed E-state index contributed by atoms with van der Waals surface area (Å²) in [5.74, 6) is -0.395. The third-order valence-electron chi connectivity index (χ3n) is 12.6. The van der Waals surface area contributed by atoms with E-state index in [1.54, 1.807) is 0 Å². The predicted octanol–water partition coefficient (Wildman–Crippen LogP) is 12.6. The number of unbranched alkanes of at least 4 members (excludes halogenated alkanes) is 33. The number of rotatable bonds is 48. The third-order valence-corrected chi connectivity index (χ3v) is 13.1. The zero-order chi connectivity index (χ0) is 47.5. The molecule has 1 aliphatic heterocycles. The first-order valence-corrected chi connectivity index (χ1v) is 28.3. The molecule has 0 amide bonds. The lowest BCUT2D eigenvalue weighted by Gasteiger charge is -2.41. The highest BCUT2D eigenvalue weighted by molar-refractivity contribution is 7.80. The number of carbonyl (C=O) groups is 1. The summed E-state index contributed by atoms with van der Waals surface area (Å²) in [4.78, 5) is 12.9. The number of aliphatic hydroxyl groups is 3. The van der Waals surface area contributed by atoms with Crippen LogP contribution in [0.25, 0.3) is 0 Å². The Bertz CT molecular complexity index is 1190. The Hall–Kier alpha value is -1.16. The molecule has 0 radical (unpaired) electrons. The van der Waals surface area contributed by atoms with E-state index in [4.69, 9.17) is 18.9 Å². The highest BCUT2D eigenvalue weighted by Crippen LogP contribution is 2.26. The van der Waals surface area contributed by atoms with Crippen molar-refractivity contribution < 1.29 is 56.2 Å². The van der Waals surface area contributed by atoms with Crippen LogP contribution in [-0.4, -0.2) is 97.5 Å². The third kappa shape index (κ3) is 37.4. The number of hydrogen-bond donors (Lipinski definition) is 4. The van der Waals surface area contributed by atoms with Crippen LogP contribution in [0.5, 0.6) is 0 Å². The number of carbonyl (C=O) groups excluding carboxylic acids is 1. The van der Waals surface area contributed by atoms with Crippen molar-refractivity contribution in [2.24, 2.45) is 0 Å². The zero-order valence-electron chi connectivity index (χ0n) is 41.6. The number of ether oxygens (including phenoxy) is 4. The molecule has 1 aliphatic rings. The van der Waals surface area contributed by atoms with Crippen LogP contribution in [0, 0.1) is 0 Å². The lowest BCUT2D eigenvalue weighted by atomic mass is 9.99. The molecule has 6 unspecified atom stereocenters. The van der Waals surface area contributed by atoms with E-state index in [-0.39, 0.29) is 19.6 Å². The molecule has 65 heavy (non-hydrogen) atoms. The van der Waals surface area contributed by atoms with Gasteiger partial charge < -0.3 is 34.3 Å². The largest absolute Gasteiger partial charge is 0.457 e. The van der Waals surface area contributed by atoms with Gasteiger partial charge in [0.1, 0.15) is 30.5 Å². The Morgan fingerprint density at radius 2 is 0.969 bits per heavy atom. The fourth-order valence-electron chi connectivity index (χ4n) is 8.55. The average molecular weight is 949 g/mol. The number of hydrogen-bond acceptors (Lipinski definition) is 11. The Balaban J connectivity index is 2.33. The van der Waals surface area contributed by atoms with Crippen molar-refractivity contribution in [3.05, 3.63) is 12.2 Å². The van der Waals surface area contributed by atoms with E-state index in [2.05, 4.69) is 30.2 Å². The SMILES string of the molecule is CCCCCCCC/C=C\CCCCCCCCCCCC(=O)OC(COCCCCCCCCCCCCCCCCCCCCC)COC1OC(CO)C(O)C(OS(=O)(=O)O)C1O. The molecule has 12 nitrogen and oxygen atoms in total. The second-order valence-electron chi connectivity index (χ2n) is 18.8. The summed E-state index contributed by atoms with van der Waals surface area (Å²) in [6.45, 7) is 4.04. The van der Waals surface area contributed by atoms with Crippen LogP contribution in [0.15, 0.2) is 12.2 Å². The summed E-state index contributed by atoms with van der Waals surface area (Å²) in [6, 6.07) is 0. The van der Waals surface area contributed by atoms with Gasteiger partial charge in [0, 0.05) is 13.0 Å². The summed E-state index contributed by atoms with van der Waals surface area (Å²) in [5.41, 5.74) is 0. The van der Waals surface area contributed by atoms with Crippen molar-refractivity contribution in [1.29, 1.82) is 0 Å². The molecule has 0 aliphatic carbocycles. The van der Waals surface area contributed by atoms with Crippen LogP contribution in [-0.2, 0) is 38.3 Å². The average Bonchev–Trinajstić information content (AvgIpc) is 3.28. The van der Waals surface area contributed by atoms with Crippen molar-refractivity contribution in [1.82, 2.24) is 0 Å². The van der Waals surface area contributed by atoms with Gasteiger partial charge in [0.25, 0.3) is 0 Å². The van der Waals surface area contributed by atoms with Gasteiger partial charge in [-0.3, -0.25) is 9.35 Å². The van der Waals surface area contributed by atoms with Gasteiger partial charge in [-0.25, -0.2) is 4.18 Å². The zero-order valence-corrected chi connectivity index (χ0v) is 42.4. The number of esters is 1. The first-order chi connectivity index (χ1) is 31.6. The Labute approximate surface area is 398 Å². The molecular formula is C52H100O12S. The molecule has 0 saturated carbocycles. The number of allylic oxidation sites excluding steroid dienone is 2. The summed E-state index contributed by atoms with van der Waals surface area (Å²) >= 11 is 0. The van der Waals surface area contributed by atoms with Crippen LogP contribution in [0.3, 0.4) is 0 Å². The summed E-state index contributed by atoms with van der Waals surface area (Å²) in [7, 11) is -5.06. The first-order valence-electron chi connectivity index (χ1n) is 26.9. The monoisotopic (exact) mass is 949 g/mol. The van der Waals surface area contributed by atoms with E-state index in [1.165, 1.54) is 186 Å². The highest BCUT2D eigenvalue weighted by atomic mass is 32.3. The molecular weight excluding hydrogens is 849 g/mol. The van der Waals surface area contributed by atoms with E-state index in [9.17, 15) is 33.1 Å². The maximum Gasteiger partial charge on any atom is 0.397 e. The van der Waals surface area contributed by atoms with E-state index in [1.807, 2.05) is 0 Å². The maximum atomic E-state index is 12.9. The van der Waals surface area contributed by atoms with E-state index in [0.29, 0.717) is 13.0 Å². The summed E-state index contributed by atoms with van der Waals surface area (Å²) < 4.78 is 59.3. The maximum absolute atomic E-state index is 12.9. The van der Waals surface area contributed by atoms with Crippen LogP contribution in [0.1, 0.15) is 251 Å². The van der Waals surface area contributed by atoms with Crippen LogP contribution < -0.4 is 0 Å².